The number of ether oxygens (including phenoxy) is 1. The van der Waals surface area contributed by atoms with Gasteiger partial charge in [0.25, 0.3) is 0 Å². The molecule has 3 heteroatoms. The predicted octanol–water partition coefficient (Wildman–Crippen LogP) is 2.12. The maximum atomic E-state index is 11.8. The maximum absolute atomic E-state index is 11.8. The average molecular weight is 233 g/mol. The Hall–Kier alpha value is -1.35. The van der Waals surface area contributed by atoms with Crippen molar-refractivity contribution in [3.63, 3.8) is 0 Å². The summed E-state index contributed by atoms with van der Waals surface area (Å²) in [6.07, 6.45) is 1.74. The first kappa shape index (κ1) is 12.1. The first-order valence-corrected chi connectivity index (χ1v) is 6.04. The van der Waals surface area contributed by atoms with Crippen molar-refractivity contribution in [3.05, 3.63) is 35.9 Å². The second-order valence-electron chi connectivity index (χ2n) is 4.93. The number of carbonyl (C=O) groups excluding carboxylic acids is 1. The number of esters is 1. The first-order valence-electron chi connectivity index (χ1n) is 6.04. The van der Waals surface area contributed by atoms with E-state index in [9.17, 15) is 4.79 Å². The number of rotatable bonds is 4. The maximum Gasteiger partial charge on any atom is 0.326 e. The molecule has 1 aromatic carbocycles. The van der Waals surface area contributed by atoms with Gasteiger partial charge in [-0.1, -0.05) is 37.3 Å². The van der Waals surface area contributed by atoms with Crippen LogP contribution in [0.2, 0.25) is 0 Å². The van der Waals surface area contributed by atoms with Crippen LogP contribution >= 0.6 is 0 Å². The highest BCUT2D eigenvalue weighted by Gasteiger charge is 2.48. The SMILES string of the molecule is COC(=O)C1(NCc2ccccc2)CC(C)C1. The summed E-state index contributed by atoms with van der Waals surface area (Å²) in [5.74, 6) is 0.462. The zero-order valence-electron chi connectivity index (χ0n) is 10.4. The Labute approximate surface area is 102 Å². The lowest BCUT2D eigenvalue weighted by molar-refractivity contribution is -0.155. The molecule has 0 amide bonds. The highest BCUT2D eigenvalue weighted by Crippen LogP contribution is 2.38. The fourth-order valence-electron chi connectivity index (χ4n) is 2.58. The van der Waals surface area contributed by atoms with Gasteiger partial charge in [-0.3, -0.25) is 10.1 Å². The first-order chi connectivity index (χ1) is 8.16. The molecule has 2 rings (SSSR count). The molecular weight excluding hydrogens is 214 g/mol. The lowest BCUT2D eigenvalue weighted by atomic mass is 9.69. The van der Waals surface area contributed by atoms with Crippen LogP contribution in [0, 0.1) is 5.92 Å². The van der Waals surface area contributed by atoms with E-state index >= 15 is 0 Å². The zero-order valence-corrected chi connectivity index (χ0v) is 10.4. The second-order valence-corrected chi connectivity index (χ2v) is 4.93. The largest absolute Gasteiger partial charge is 0.468 e. The zero-order chi connectivity index (χ0) is 12.3. The van der Waals surface area contributed by atoms with Crippen LogP contribution in [0.15, 0.2) is 30.3 Å². The van der Waals surface area contributed by atoms with Crippen LogP contribution in [0.5, 0.6) is 0 Å². The topological polar surface area (TPSA) is 38.3 Å². The minimum Gasteiger partial charge on any atom is -0.468 e. The number of methoxy groups -OCH3 is 1. The molecule has 1 aliphatic carbocycles. The number of carbonyl (C=O) groups is 1. The summed E-state index contributed by atoms with van der Waals surface area (Å²) in [4.78, 5) is 11.8. The summed E-state index contributed by atoms with van der Waals surface area (Å²) in [6.45, 7) is 2.87. The summed E-state index contributed by atoms with van der Waals surface area (Å²) in [5.41, 5.74) is 0.736. The quantitative estimate of drug-likeness (QED) is 0.809. The molecule has 1 N–H and O–H groups in total. The van der Waals surface area contributed by atoms with Gasteiger partial charge in [0, 0.05) is 6.54 Å². The number of hydrogen-bond donors (Lipinski definition) is 1. The Bertz CT molecular complexity index is 382. The van der Waals surface area contributed by atoms with Gasteiger partial charge < -0.3 is 4.74 Å². The molecule has 1 fully saturated rings. The lowest BCUT2D eigenvalue weighted by Crippen LogP contribution is -2.60. The van der Waals surface area contributed by atoms with Gasteiger partial charge in [0.1, 0.15) is 5.54 Å². The van der Waals surface area contributed by atoms with Crippen molar-refractivity contribution in [3.8, 4) is 0 Å². The summed E-state index contributed by atoms with van der Waals surface area (Å²) in [7, 11) is 1.46. The van der Waals surface area contributed by atoms with Crippen molar-refractivity contribution in [2.75, 3.05) is 7.11 Å². The van der Waals surface area contributed by atoms with E-state index in [4.69, 9.17) is 4.74 Å². The molecule has 92 valence electrons. The summed E-state index contributed by atoms with van der Waals surface area (Å²) in [5, 5.41) is 3.36. The third-order valence-electron chi connectivity index (χ3n) is 3.44. The molecule has 0 unspecified atom stereocenters. The molecular formula is C14H19NO2. The number of benzene rings is 1. The summed E-state index contributed by atoms with van der Waals surface area (Å²) < 4.78 is 4.89. The van der Waals surface area contributed by atoms with Gasteiger partial charge in [-0.25, -0.2) is 0 Å². The van der Waals surface area contributed by atoms with E-state index in [0.29, 0.717) is 12.5 Å². The monoisotopic (exact) mass is 233 g/mol. The van der Waals surface area contributed by atoms with Gasteiger partial charge in [-0.05, 0) is 24.3 Å². The third kappa shape index (κ3) is 2.50. The second kappa shape index (κ2) is 4.88. The van der Waals surface area contributed by atoms with Crippen LogP contribution < -0.4 is 5.32 Å². The molecule has 0 aromatic heterocycles. The molecule has 0 saturated heterocycles. The minimum absolute atomic E-state index is 0.133. The Morgan fingerprint density at radius 3 is 2.59 bits per heavy atom. The molecule has 3 nitrogen and oxygen atoms in total. The molecule has 1 aromatic rings. The molecule has 0 heterocycles. The molecule has 1 aliphatic rings. The molecule has 0 aliphatic heterocycles. The standard InChI is InChI=1S/C14H19NO2/c1-11-8-14(9-11,13(16)17-2)15-10-12-6-4-3-5-7-12/h3-7,11,15H,8-10H2,1-2H3. The van der Waals surface area contributed by atoms with E-state index in [1.807, 2.05) is 18.2 Å². The average Bonchev–Trinajstić information content (AvgIpc) is 2.33. The fourth-order valence-corrected chi connectivity index (χ4v) is 2.58. The Kier molecular flexibility index (Phi) is 3.48. The lowest BCUT2D eigenvalue weighted by Gasteiger charge is -2.44. The van der Waals surface area contributed by atoms with E-state index < -0.39 is 5.54 Å². The minimum atomic E-state index is -0.454. The smallest absolute Gasteiger partial charge is 0.326 e. The highest BCUT2D eigenvalue weighted by molar-refractivity contribution is 5.82. The van der Waals surface area contributed by atoms with Crippen molar-refractivity contribution in [1.29, 1.82) is 0 Å². The van der Waals surface area contributed by atoms with E-state index in [2.05, 4.69) is 24.4 Å². The highest BCUT2D eigenvalue weighted by atomic mass is 16.5. The molecule has 1 saturated carbocycles. The van der Waals surface area contributed by atoms with E-state index in [1.54, 1.807) is 0 Å². The van der Waals surface area contributed by atoms with Crippen LogP contribution in [0.4, 0.5) is 0 Å². The van der Waals surface area contributed by atoms with Crippen molar-refractivity contribution in [1.82, 2.24) is 5.32 Å². The van der Waals surface area contributed by atoms with Gasteiger partial charge in [-0.15, -0.1) is 0 Å². The molecule has 0 bridgehead atoms. The van der Waals surface area contributed by atoms with Crippen LogP contribution in [-0.2, 0) is 16.1 Å². The van der Waals surface area contributed by atoms with E-state index in [0.717, 1.165) is 12.8 Å². The van der Waals surface area contributed by atoms with Gasteiger partial charge in [0.05, 0.1) is 7.11 Å². The van der Waals surface area contributed by atoms with Crippen LogP contribution in [0.3, 0.4) is 0 Å². The van der Waals surface area contributed by atoms with Crippen LogP contribution in [-0.4, -0.2) is 18.6 Å². The summed E-state index contributed by atoms with van der Waals surface area (Å²) in [6, 6.07) is 10.1. The Morgan fingerprint density at radius 2 is 2.06 bits per heavy atom. The van der Waals surface area contributed by atoms with Crippen molar-refractivity contribution in [2.45, 2.75) is 31.8 Å². The Balaban J connectivity index is 1.98. The third-order valence-corrected chi connectivity index (χ3v) is 3.44. The van der Waals surface area contributed by atoms with Crippen LogP contribution in [0.1, 0.15) is 25.3 Å². The number of nitrogens with one attached hydrogen (secondary N) is 1. The Morgan fingerprint density at radius 1 is 1.41 bits per heavy atom. The van der Waals surface area contributed by atoms with Gasteiger partial charge in [-0.2, -0.15) is 0 Å². The van der Waals surface area contributed by atoms with Crippen molar-refractivity contribution in [2.24, 2.45) is 5.92 Å². The van der Waals surface area contributed by atoms with Gasteiger partial charge in [0.2, 0.25) is 0 Å². The predicted molar refractivity (Wildman–Crippen MR) is 66.4 cm³/mol. The van der Waals surface area contributed by atoms with Gasteiger partial charge >= 0.3 is 5.97 Å². The van der Waals surface area contributed by atoms with Gasteiger partial charge in [0.15, 0.2) is 0 Å². The number of hydrogen-bond acceptors (Lipinski definition) is 3. The van der Waals surface area contributed by atoms with Crippen molar-refractivity contribution < 1.29 is 9.53 Å². The molecule has 0 atom stereocenters. The normalized spacial score (nSPS) is 27.3. The molecule has 0 spiro atoms. The van der Waals surface area contributed by atoms with E-state index in [1.165, 1.54) is 12.7 Å². The molecule has 0 radical (unpaired) electrons. The van der Waals surface area contributed by atoms with E-state index in [-0.39, 0.29) is 5.97 Å². The van der Waals surface area contributed by atoms with Crippen molar-refractivity contribution >= 4 is 5.97 Å². The molecule has 17 heavy (non-hydrogen) atoms. The summed E-state index contributed by atoms with van der Waals surface area (Å²) >= 11 is 0. The fraction of sp³-hybridized carbons (Fsp3) is 0.500. The van der Waals surface area contributed by atoms with Crippen LogP contribution in [0.25, 0.3) is 0 Å².